The summed E-state index contributed by atoms with van der Waals surface area (Å²) in [6.07, 6.45) is 0.905. The van der Waals surface area contributed by atoms with Gasteiger partial charge in [0.1, 0.15) is 5.75 Å². The van der Waals surface area contributed by atoms with E-state index >= 15 is 0 Å². The summed E-state index contributed by atoms with van der Waals surface area (Å²) < 4.78 is 32.8. The van der Waals surface area contributed by atoms with Crippen molar-refractivity contribution in [2.45, 2.75) is 44.6 Å². The summed E-state index contributed by atoms with van der Waals surface area (Å²) in [6, 6.07) is 12.9. The van der Waals surface area contributed by atoms with E-state index in [4.69, 9.17) is 17.0 Å². The molecule has 0 aliphatic carbocycles. The molecule has 0 aliphatic rings. The van der Waals surface area contributed by atoms with Crippen LogP contribution >= 0.6 is 12.2 Å². The SMILES string of the molecule is CCCOc1ccc(C(=O)NC(=S)Nc2ccc(S(=O)(=O)NC(C)(C)C)cc2)cc1. The second-order valence-electron chi connectivity index (χ2n) is 7.66. The Labute approximate surface area is 183 Å². The molecule has 0 fully saturated rings. The van der Waals surface area contributed by atoms with Crippen LogP contribution in [-0.4, -0.2) is 31.6 Å². The molecule has 9 heteroatoms. The number of carbonyl (C=O) groups is 1. The number of ether oxygens (including phenoxy) is 1. The lowest BCUT2D eigenvalue weighted by Gasteiger charge is -2.20. The number of sulfonamides is 1. The molecule has 0 unspecified atom stereocenters. The van der Waals surface area contributed by atoms with E-state index < -0.39 is 15.6 Å². The van der Waals surface area contributed by atoms with Crippen molar-refractivity contribution in [3.05, 3.63) is 54.1 Å². The number of anilines is 1. The van der Waals surface area contributed by atoms with Gasteiger partial charge in [0.05, 0.1) is 11.5 Å². The van der Waals surface area contributed by atoms with Gasteiger partial charge in [-0.3, -0.25) is 10.1 Å². The highest BCUT2D eigenvalue weighted by Gasteiger charge is 2.21. The van der Waals surface area contributed by atoms with Crippen molar-refractivity contribution >= 4 is 38.9 Å². The number of thiocarbonyl (C=S) groups is 1. The Hall–Kier alpha value is -2.49. The van der Waals surface area contributed by atoms with E-state index in [2.05, 4.69) is 15.4 Å². The molecule has 0 radical (unpaired) electrons. The van der Waals surface area contributed by atoms with Gasteiger partial charge < -0.3 is 10.1 Å². The van der Waals surface area contributed by atoms with Crippen molar-refractivity contribution in [2.75, 3.05) is 11.9 Å². The van der Waals surface area contributed by atoms with Crippen molar-refractivity contribution in [3.8, 4) is 5.75 Å². The number of nitrogens with one attached hydrogen (secondary N) is 3. The number of rotatable bonds is 7. The molecule has 162 valence electrons. The van der Waals surface area contributed by atoms with Crippen LogP contribution in [0.4, 0.5) is 5.69 Å². The third kappa shape index (κ3) is 7.40. The number of carbonyl (C=O) groups excluding carboxylic acids is 1. The van der Waals surface area contributed by atoms with Crippen LogP contribution in [-0.2, 0) is 10.0 Å². The summed E-state index contributed by atoms with van der Waals surface area (Å²) in [5.41, 5.74) is 0.415. The Kier molecular flexibility index (Phi) is 7.94. The predicted octanol–water partition coefficient (Wildman–Crippen LogP) is 3.68. The Bertz CT molecular complexity index is 980. The van der Waals surface area contributed by atoms with Gasteiger partial charge in [0.15, 0.2) is 5.11 Å². The predicted molar refractivity (Wildman–Crippen MR) is 122 cm³/mol. The average Bonchev–Trinajstić information content (AvgIpc) is 2.65. The molecule has 0 aromatic heterocycles. The molecule has 2 aromatic carbocycles. The van der Waals surface area contributed by atoms with Crippen molar-refractivity contribution in [1.82, 2.24) is 10.0 Å². The lowest BCUT2D eigenvalue weighted by molar-refractivity contribution is 0.0977. The third-order valence-corrected chi connectivity index (χ3v) is 5.66. The van der Waals surface area contributed by atoms with Crippen LogP contribution < -0.4 is 20.1 Å². The standard InChI is InChI=1S/C21H27N3O4S2/c1-5-14-28-17-10-6-15(7-11-17)19(25)23-20(29)22-16-8-12-18(13-9-16)30(26,27)24-21(2,3)4/h6-13,24H,5,14H2,1-4H3,(H2,22,23,25,29). The fraction of sp³-hybridized carbons (Fsp3) is 0.333. The van der Waals surface area contributed by atoms with Crippen molar-refractivity contribution in [2.24, 2.45) is 0 Å². The molecule has 0 atom stereocenters. The molecule has 2 rings (SSSR count). The molecule has 30 heavy (non-hydrogen) atoms. The van der Waals surface area contributed by atoms with Gasteiger partial charge in [0.25, 0.3) is 5.91 Å². The van der Waals surface area contributed by atoms with E-state index in [0.717, 1.165) is 6.42 Å². The number of amides is 1. The third-order valence-electron chi connectivity index (χ3n) is 3.68. The first kappa shape index (κ1) is 23.8. The van der Waals surface area contributed by atoms with Gasteiger partial charge in [-0.1, -0.05) is 6.92 Å². The van der Waals surface area contributed by atoms with Gasteiger partial charge in [-0.15, -0.1) is 0 Å². The van der Waals surface area contributed by atoms with Gasteiger partial charge in [0.2, 0.25) is 10.0 Å². The normalized spacial score (nSPS) is 11.6. The maximum atomic E-state index is 12.3. The van der Waals surface area contributed by atoms with E-state index in [9.17, 15) is 13.2 Å². The highest BCUT2D eigenvalue weighted by molar-refractivity contribution is 7.89. The summed E-state index contributed by atoms with van der Waals surface area (Å²) in [7, 11) is -3.62. The van der Waals surface area contributed by atoms with Crippen LogP contribution in [0.5, 0.6) is 5.75 Å². The van der Waals surface area contributed by atoms with Crippen molar-refractivity contribution in [1.29, 1.82) is 0 Å². The Balaban J connectivity index is 1.95. The average molecular weight is 450 g/mol. The zero-order chi connectivity index (χ0) is 22.4. The summed E-state index contributed by atoms with van der Waals surface area (Å²) in [5.74, 6) is 0.341. The summed E-state index contributed by atoms with van der Waals surface area (Å²) in [5, 5.41) is 5.57. The Morgan fingerprint density at radius 3 is 2.17 bits per heavy atom. The summed E-state index contributed by atoms with van der Waals surface area (Å²) in [6.45, 7) is 7.95. The Morgan fingerprint density at radius 2 is 1.63 bits per heavy atom. The van der Waals surface area contributed by atoms with Crippen LogP contribution in [0.15, 0.2) is 53.4 Å². The number of hydrogen-bond acceptors (Lipinski definition) is 5. The quantitative estimate of drug-likeness (QED) is 0.558. The summed E-state index contributed by atoms with van der Waals surface area (Å²) in [4.78, 5) is 12.5. The van der Waals surface area contributed by atoms with Gasteiger partial charge in [-0.2, -0.15) is 0 Å². The molecule has 3 N–H and O–H groups in total. The fourth-order valence-electron chi connectivity index (χ4n) is 2.44. The zero-order valence-electron chi connectivity index (χ0n) is 17.5. The maximum Gasteiger partial charge on any atom is 0.257 e. The lowest BCUT2D eigenvalue weighted by atomic mass is 10.1. The molecular weight excluding hydrogens is 422 g/mol. The maximum absolute atomic E-state index is 12.3. The van der Waals surface area contributed by atoms with Crippen molar-refractivity contribution in [3.63, 3.8) is 0 Å². The first-order chi connectivity index (χ1) is 14.0. The fourth-order valence-corrected chi connectivity index (χ4v) is 4.07. The minimum Gasteiger partial charge on any atom is -0.494 e. The van der Waals surface area contributed by atoms with Crippen LogP contribution in [0.3, 0.4) is 0 Å². The highest BCUT2D eigenvalue weighted by Crippen LogP contribution is 2.16. The minimum atomic E-state index is -3.62. The topological polar surface area (TPSA) is 96.5 Å². The van der Waals surface area contributed by atoms with E-state index in [1.54, 1.807) is 57.2 Å². The van der Waals surface area contributed by atoms with Crippen molar-refractivity contribution < 1.29 is 17.9 Å². The monoisotopic (exact) mass is 449 g/mol. The molecular formula is C21H27N3O4S2. The van der Waals surface area contributed by atoms with Gasteiger partial charge in [0, 0.05) is 16.8 Å². The van der Waals surface area contributed by atoms with Gasteiger partial charge >= 0.3 is 0 Å². The van der Waals surface area contributed by atoms with Crippen LogP contribution in [0.2, 0.25) is 0 Å². The van der Waals surface area contributed by atoms with E-state index in [0.29, 0.717) is 23.6 Å². The van der Waals surface area contributed by atoms with E-state index in [1.165, 1.54) is 12.1 Å². The number of benzene rings is 2. The van der Waals surface area contributed by atoms with Crippen LogP contribution in [0.25, 0.3) is 0 Å². The minimum absolute atomic E-state index is 0.106. The molecule has 1 amide bonds. The van der Waals surface area contributed by atoms with E-state index in [1.807, 2.05) is 6.92 Å². The smallest absolute Gasteiger partial charge is 0.257 e. The number of hydrogen-bond donors (Lipinski definition) is 3. The molecule has 0 heterocycles. The first-order valence-corrected chi connectivity index (χ1v) is 11.4. The molecule has 2 aromatic rings. The summed E-state index contributed by atoms with van der Waals surface area (Å²) >= 11 is 5.17. The molecule has 0 aliphatic heterocycles. The molecule has 0 spiro atoms. The van der Waals surface area contributed by atoms with Crippen LogP contribution in [0.1, 0.15) is 44.5 Å². The molecule has 0 saturated carbocycles. The molecule has 0 saturated heterocycles. The van der Waals surface area contributed by atoms with Gasteiger partial charge in [-0.05, 0) is 87.9 Å². The zero-order valence-corrected chi connectivity index (χ0v) is 19.1. The second kappa shape index (κ2) is 10.0. The van der Waals surface area contributed by atoms with Crippen LogP contribution in [0, 0.1) is 0 Å². The molecule has 7 nitrogen and oxygen atoms in total. The highest BCUT2D eigenvalue weighted by atomic mass is 32.2. The van der Waals surface area contributed by atoms with E-state index in [-0.39, 0.29) is 15.9 Å². The largest absolute Gasteiger partial charge is 0.494 e. The van der Waals surface area contributed by atoms with Gasteiger partial charge in [-0.25, -0.2) is 13.1 Å². The lowest BCUT2D eigenvalue weighted by Crippen LogP contribution is -2.40. The first-order valence-electron chi connectivity index (χ1n) is 9.49. The molecule has 0 bridgehead atoms. The Morgan fingerprint density at radius 1 is 1.03 bits per heavy atom. The second-order valence-corrected chi connectivity index (χ2v) is 9.75.